The lowest BCUT2D eigenvalue weighted by molar-refractivity contribution is 0.00650. The van der Waals surface area contributed by atoms with Gasteiger partial charge in [-0.1, -0.05) is 24.3 Å². The monoisotopic (exact) mass is 164 g/mol. The summed E-state index contributed by atoms with van der Waals surface area (Å²) in [5.41, 5.74) is 2.05. The second-order valence-electron chi connectivity index (χ2n) is 3.25. The summed E-state index contributed by atoms with van der Waals surface area (Å²) in [6.45, 7) is 0. The summed E-state index contributed by atoms with van der Waals surface area (Å²) >= 11 is 0. The van der Waals surface area contributed by atoms with Crippen molar-refractivity contribution in [2.24, 2.45) is 0 Å². The van der Waals surface area contributed by atoms with Crippen molar-refractivity contribution in [3.8, 4) is 0 Å². The van der Waals surface area contributed by atoms with E-state index in [-0.39, 0.29) is 0 Å². The van der Waals surface area contributed by atoms with E-state index in [0.29, 0.717) is 6.42 Å². The first-order valence-electron chi connectivity index (χ1n) is 4.23. The first-order valence-corrected chi connectivity index (χ1v) is 4.23. The number of rotatable bonds is 0. The van der Waals surface area contributed by atoms with E-state index in [1.165, 1.54) is 0 Å². The van der Waals surface area contributed by atoms with Crippen molar-refractivity contribution in [3.63, 3.8) is 0 Å². The van der Waals surface area contributed by atoms with Crippen LogP contribution in [0.4, 0.5) is 0 Å². The first kappa shape index (κ1) is 7.77. The van der Waals surface area contributed by atoms with Crippen LogP contribution in [0.2, 0.25) is 0 Å². The average molecular weight is 164 g/mol. The van der Waals surface area contributed by atoms with Crippen LogP contribution < -0.4 is 0 Å². The molecule has 0 aromatic heterocycles. The number of fused-ring (bicyclic) bond motifs is 1. The Labute approximate surface area is 71.5 Å². The van der Waals surface area contributed by atoms with Gasteiger partial charge in [0.2, 0.25) is 0 Å². The normalized spacial score (nSPS) is 28.2. The van der Waals surface area contributed by atoms with Gasteiger partial charge in [0.1, 0.15) is 6.10 Å². The van der Waals surface area contributed by atoms with Gasteiger partial charge in [0.15, 0.2) is 0 Å². The van der Waals surface area contributed by atoms with Crippen molar-refractivity contribution in [1.82, 2.24) is 0 Å². The predicted molar refractivity (Wildman–Crippen MR) is 45.7 cm³/mol. The molecular weight excluding hydrogens is 152 g/mol. The van der Waals surface area contributed by atoms with E-state index in [2.05, 4.69) is 0 Å². The smallest absolute Gasteiger partial charge is 0.105 e. The quantitative estimate of drug-likeness (QED) is 0.601. The highest BCUT2D eigenvalue weighted by molar-refractivity contribution is 5.31. The van der Waals surface area contributed by atoms with Gasteiger partial charge in [-0.15, -0.1) is 0 Å². The lowest BCUT2D eigenvalue weighted by atomic mass is 9.88. The number of aliphatic hydroxyl groups excluding tert-OH is 2. The summed E-state index contributed by atoms with van der Waals surface area (Å²) < 4.78 is 0. The predicted octanol–water partition coefficient (Wildman–Crippen LogP) is 1.03. The maximum atomic E-state index is 9.58. The molecule has 1 aliphatic rings. The number of benzene rings is 1. The van der Waals surface area contributed by atoms with E-state index in [4.69, 9.17) is 0 Å². The summed E-state index contributed by atoms with van der Waals surface area (Å²) in [5, 5.41) is 19.0. The third-order valence-electron chi connectivity index (χ3n) is 2.45. The molecule has 2 nitrogen and oxygen atoms in total. The molecule has 0 heterocycles. The molecule has 1 aromatic carbocycles. The zero-order valence-electron chi connectivity index (χ0n) is 6.77. The van der Waals surface area contributed by atoms with E-state index >= 15 is 0 Å². The van der Waals surface area contributed by atoms with Gasteiger partial charge in [-0.3, -0.25) is 0 Å². The largest absolute Gasteiger partial charge is 0.390 e. The molecule has 1 aromatic rings. The molecule has 2 rings (SSSR count). The molecule has 2 N–H and O–H groups in total. The minimum atomic E-state index is -0.685. The number of hydrogen-bond acceptors (Lipinski definition) is 2. The zero-order valence-corrected chi connectivity index (χ0v) is 6.77. The molecule has 0 saturated carbocycles. The van der Waals surface area contributed by atoms with E-state index in [0.717, 1.165) is 17.5 Å². The lowest BCUT2D eigenvalue weighted by Gasteiger charge is -2.25. The molecule has 0 spiro atoms. The van der Waals surface area contributed by atoms with E-state index in [1.54, 1.807) is 0 Å². The van der Waals surface area contributed by atoms with Crippen LogP contribution >= 0.6 is 0 Å². The highest BCUT2D eigenvalue weighted by Crippen LogP contribution is 2.29. The molecule has 0 fully saturated rings. The van der Waals surface area contributed by atoms with Crippen LogP contribution in [0.3, 0.4) is 0 Å². The average Bonchev–Trinajstić information content (AvgIpc) is 2.12. The molecule has 64 valence electrons. The Morgan fingerprint density at radius 1 is 1.17 bits per heavy atom. The highest BCUT2D eigenvalue weighted by Gasteiger charge is 2.25. The third kappa shape index (κ3) is 1.13. The van der Waals surface area contributed by atoms with Crippen molar-refractivity contribution in [3.05, 3.63) is 35.4 Å². The molecule has 0 radical (unpaired) electrons. The third-order valence-corrected chi connectivity index (χ3v) is 2.45. The van der Waals surface area contributed by atoms with E-state index in [9.17, 15) is 10.2 Å². The Hall–Kier alpha value is -0.860. The van der Waals surface area contributed by atoms with Crippen molar-refractivity contribution < 1.29 is 10.2 Å². The second-order valence-corrected chi connectivity index (χ2v) is 3.25. The second kappa shape index (κ2) is 2.88. The number of aryl methyl sites for hydroxylation is 1. The van der Waals surface area contributed by atoms with Gasteiger partial charge in [-0.25, -0.2) is 0 Å². The van der Waals surface area contributed by atoms with Gasteiger partial charge in [0, 0.05) is 0 Å². The summed E-state index contributed by atoms with van der Waals surface area (Å²) in [6.07, 6.45) is 0.266. The minimum Gasteiger partial charge on any atom is -0.390 e. The Morgan fingerprint density at radius 3 is 2.75 bits per heavy atom. The molecule has 0 bridgehead atoms. The van der Waals surface area contributed by atoms with Gasteiger partial charge in [-0.05, 0) is 24.0 Å². The zero-order chi connectivity index (χ0) is 8.55. The van der Waals surface area contributed by atoms with Crippen molar-refractivity contribution >= 4 is 0 Å². The summed E-state index contributed by atoms with van der Waals surface area (Å²) in [4.78, 5) is 0. The van der Waals surface area contributed by atoms with Crippen LogP contribution in [0.5, 0.6) is 0 Å². The van der Waals surface area contributed by atoms with Crippen molar-refractivity contribution in [1.29, 1.82) is 0 Å². The van der Waals surface area contributed by atoms with Crippen LogP contribution in [0, 0.1) is 0 Å². The van der Waals surface area contributed by atoms with Gasteiger partial charge in [-0.2, -0.15) is 0 Å². The SMILES string of the molecule is OC1CCc2ccccc2C1O. The first-order chi connectivity index (χ1) is 5.79. The minimum absolute atomic E-state index is 0.583. The Morgan fingerprint density at radius 2 is 1.92 bits per heavy atom. The number of aliphatic hydroxyl groups is 2. The Bertz CT molecular complexity index is 283. The van der Waals surface area contributed by atoms with Gasteiger partial charge >= 0.3 is 0 Å². The van der Waals surface area contributed by atoms with Crippen LogP contribution in [0.1, 0.15) is 23.7 Å². The molecule has 2 unspecified atom stereocenters. The lowest BCUT2D eigenvalue weighted by Crippen LogP contribution is -2.24. The fourth-order valence-corrected chi connectivity index (χ4v) is 1.72. The van der Waals surface area contributed by atoms with Crippen LogP contribution in [-0.4, -0.2) is 16.3 Å². The summed E-state index contributed by atoms with van der Waals surface area (Å²) in [7, 11) is 0. The maximum Gasteiger partial charge on any atom is 0.105 e. The molecule has 0 saturated heterocycles. The highest BCUT2D eigenvalue weighted by atomic mass is 16.3. The molecular formula is C10H12O2. The van der Waals surface area contributed by atoms with Crippen LogP contribution in [-0.2, 0) is 6.42 Å². The molecule has 12 heavy (non-hydrogen) atoms. The molecule has 0 aliphatic heterocycles. The Balaban J connectivity index is 2.42. The van der Waals surface area contributed by atoms with Crippen molar-refractivity contribution in [2.75, 3.05) is 0 Å². The fourth-order valence-electron chi connectivity index (χ4n) is 1.72. The van der Waals surface area contributed by atoms with Crippen molar-refractivity contribution in [2.45, 2.75) is 25.0 Å². The number of hydrogen-bond donors (Lipinski definition) is 2. The summed E-state index contributed by atoms with van der Waals surface area (Å²) in [6, 6.07) is 7.73. The van der Waals surface area contributed by atoms with Gasteiger partial charge in [0.05, 0.1) is 6.10 Å². The van der Waals surface area contributed by atoms with Crippen LogP contribution in [0.25, 0.3) is 0 Å². The molecule has 2 heteroatoms. The maximum absolute atomic E-state index is 9.58. The Kier molecular flexibility index (Phi) is 1.87. The molecule has 1 aliphatic carbocycles. The fraction of sp³-hybridized carbons (Fsp3) is 0.400. The topological polar surface area (TPSA) is 40.5 Å². The molecule has 2 atom stereocenters. The standard InChI is InChI=1S/C10H12O2/c11-9-6-5-7-3-1-2-4-8(7)10(9)12/h1-4,9-12H,5-6H2. The summed E-state index contributed by atoms with van der Waals surface area (Å²) in [5.74, 6) is 0. The van der Waals surface area contributed by atoms with Crippen LogP contribution in [0.15, 0.2) is 24.3 Å². The van der Waals surface area contributed by atoms with E-state index in [1.807, 2.05) is 24.3 Å². The molecule has 0 amide bonds. The van der Waals surface area contributed by atoms with E-state index < -0.39 is 12.2 Å². The van der Waals surface area contributed by atoms with Gasteiger partial charge < -0.3 is 10.2 Å². The van der Waals surface area contributed by atoms with Gasteiger partial charge in [0.25, 0.3) is 0 Å².